The zero-order valence-corrected chi connectivity index (χ0v) is 3.00. The summed E-state index contributed by atoms with van der Waals surface area (Å²) >= 11 is 0. The van der Waals surface area contributed by atoms with Crippen LogP contribution in [0.3, 0.4) is 0 Å². The van der Waals surface area contributed by atoms with Gasteiger partial charge in [-0.1, -0.05) is 7.43 Å². The number of hydrogen-bond donors (Lipinski definition) is 0. The van der Waals surface area contributed by atoms with Crippen molar-refractivity contribution < 1.29 is 0 Å². The van der Waals surface area contributed by atoms with E-state index in [0.717, 1.165) is 0 Å². The van der Waals surface area contributed by atoms with E-state index in [0.29, 0.717) is 0 Å². The maximum Gasteiger partial charge on any atom is -0.00271 e. The monoisotopic (exact) mass is 70.1 g/mol. The summed E-state index contributed by atoms with van der Waals surface area (Å²) in [5.74, 6) is 5.36. The minimum Gasteiger partial charge on any atom is -0.107 e. The maximum absolute atomic E-state index is 2.68. The second-order valence-corrected chi connectivity index (χ2v) is 0.500. The molecule has 0 heteroatoms. The van der Waals surface area contributed by atoms with Crippen molar-refractivity contribution in [3.8, 4) is 11.8 Å². The summed E-state index contributed by atoms with van der Waals surface area (Å²) in [5.41, 5.74) is 0. The quantitative estimate of drug-likeness (QED) is 0.380. The van der Waals surface area contributed by atoms with Gasteiger partial charge in [-0.3, -0.25) is 0 Å². The Kier molecular flexibility index (Phi) is 16.9. The third-order valence-electron chi connectivity index (χ3n) is 0.250. The Labute approximate surface area is 34.2 Å². The first-order valence-electron chi connectivity index (χ1n) is 1.25. The van der Waals surface area contributed by atoms with Crippen molar-refractivity contribution in [1.82, 2.24) is 0 Å². The summed E-state index contributed by atoms with van der Waals surface area (Å²) in [7, 11) is 0. The van der Waals surface area contributed by atoms with Crippen molar-refractivity contribution in [3.63, 3.8) is 0 Å². The molecule has 0 aliphatic heterocycles. The fourth-order valence-corrected chi connectivity index (χ4v) is 0. The van der Waals surface area contributed by atoms with Crippen LogP contribution < -0.4 is 0 Å². The topological polar surface area (TPSA) is 0 Å². The van der Waals surface area contributed by atoms with Crippen LogP contribution in [0.5, 0.6) is 0 Å². The molecule has 0 fully saturated rings. The molecule has 0 aliphatic carbocycles. The molecule has 0 aliphatic rings. The Balaban J connectivity index is 0. The SMILES string of the molecule is C.CC#CC. The molecule has 0 saturated heterocycles. The molecule has 0 saturated carbocycles. The van der Waals surface area contributed by atoms with Crippen molar-refractivity contribution in [2.45, 2.75) is 21.3 Å². The highest BCUT2D eigenvalue weighted by molar-refractivity contribution is 4.89. The van der Waals surface area contributed by atoms with E-state index < -0.39 is 0 Å². The molecule has 0 aromatic carbocycles. The van der Waals surface area contributed by atoms with Gasteiger partial charge < -0.3 is 0 Å². The maximum atomic E-state index is 2.68. The fraction of sp³-hybridized carbons (Fsp3) is 0.600. The third kappa shape index (κ3) is 27.6. The first kappa shape index (κ1) is 8.82. The van der Waals surface area contributed by atoms with E-state index in [1.807, 2.05) is 13.8 Å². The van der Waals surface area contributed by atoms with Crippen LogP contribution in [0, 0.1) is 11.8 Å². The molecule has 0 nitrogen and oxygen atoms in total. The minimum absolute atomic E-state index is 0. The molecular formula is C5H10. The molecule has 0 aromatic rings. The van der Waals surface area contributed by atoms with Crippen molar-refractivity contribution >= 4 is 0 Å². The predicted molar refractivity (Wildman–Crippen MR) is 25.9 cm³/mol. The number of hydrogen-bond acceptors (Lipinski definition) is 0. The fourth-order valence-electron chi connectivity index (χ4n) is 0. The third-order valence-corrected chi connectivity index (χ3v) is 0.250. The largest absolute Gasteiger partial charge is 0.107 e. The van der Waals surface area contributed by atoms with Crippen LogP contribution in [0.2, 0.25) is 0 Å². The van der Waals surface area contributed by atoms with Gasteiger partial charge in [0.05, 0.1) is 0 Å². The van der Waals surface area contributed by atoms with Gasteiger partial charge in [-0.15, -0.1) is 11.8 Å². The van der Waals surface area contributed by atoms with E-state index in [4.69, 9.17) is 0 Å². The van der Waals surface area contributed by atoms with E-state index in [-0.39, 0.29) is 7.43 Å². The van der Waals surface area contributed by atoms with Crippen LogP contribution >= 0.6 is 0 Å². The van der Waals surface area contributed by atoms with Gasteiger partial charge in [0, 0.05) is 0 Å². The Hall–Kier alpha value is -0.440. The molecule has 0 unspecified atom stereocenters. The second-order valence-electron chi connectivity index (χ2n) is 0.500. The highest BCUT2D eigenvalue weighted by Crippen LogP contribution is 1.39. The Bertz CT molecular complexity index is 36.8. The molecule has 5 heavy (non-hydrogen) atoms. The van der Waals surface area contributed by atoms with Gasteiger partial charge in [0.15, 0.2) is 0 Å². The molecule has 0 amide bonds. The Morgan fingerprint density at radius 2 is 1.20 bits per heavy atom. The van der Waals surface area contributed by atoms with Gasteiger partial charge in [-0.2, -0.15) is 0 Å². The lowest BCUT2D eigenvalue weighted by Gasteiger charge is -1.40. The molecule has 30 valence electrons. The van der Waals surface area contributed by atoms with Crippen molar-refractivity contribution in [3.05, 3.63) is 0 Å². The highest BCUT2D eigenvalue weighted by Gasteiger charge is 1.26. The van der Waals surface area contributed by atoms with Crippen LogP contribution in [-0.2, 0) is 0 Å². The highest BCUT2D eigenvalue weighted by atomic mass is 13.3. The van der Waals surface area contributed by atoms with E-state index in [1.54, 1.807) is 0 Å². The summed E-state index contributed by atoms with van der Waals surface area (Å²) in [4.78, 5) is 0. The molecule has 0 radical (unpaired) electrons. The van der Waals surface area contributed by atoms with E-state index in [9.17, 15) is 0 Å². The van der Waals surface area contributed by atoms with Gasteiger partial charge in [0.2, 0.25) is 0 Å². The summed E-state index contributed by atoms with van der Waals surface area (Å²) in [6.45, 7) is 3.64. The van der Waals surface area contributed by atoms with E-state index in [1.165, 1.54) is 0 Å². The Morgan fingerprint density at radius 1 is 1.00 bits per heavy atom. The summed E-state index contributed by atoms with van der Waals surface area (Å²) in [6, 6.07) is 0. The molecule has 0 spiro atoms. The zero-order valence-electron chi connectivity index (χ0n) is 3.00. The molecule has 0 N–H and O–H groups in total. The standard InChI is InChI=1S/C4H6.CH4/c1-3-4-2;/h1-2H3;1H4. The van der Waals surface area contributed by atoms with Crippen LogP contribution in [0.25, 0.3) is 0 Å². The molecule has 0 heterocycles. The van der Waals surface area contributed by atoms with Gasteiger partial charge in [-0.05, 0) is 13.8 Å². The van der Waals surface area contributed by atoms with Gasteiger partial charge in [0.25, 0.3) is 0 Å². The molecule has 0 aromatic heterocycles. The van der Waals surface area contributed by atoms with Crippen molar-refractivity contribution in [1.29, 1.82) is 0 Å². The molecule has 0 bridgehead atoms. The molecule has 0 atom stereocenters. The van der Waals surface area contributed by atoms with Crippen LogP contribution in [0.1, 0.15) is 21.3 Å². The van der Waals surface area contributed by atoms with Crippen molar-refractivity contribution in [2.75, 3.05) is 0 Å². The van der Waals surface area contributed by atoms with Crippen LogP contribution in [0.4, 0.5) is 0 Å². The Morgan fingerprint density at radius 3 is 1.20 bits per heavy atom. The van der Waals surface area contributed by atoms with Crippen molar-refractivity contribution in [2.24, 2.45) is 0 Å². The van der Waals surface area contributed by atoms with E-state index in [2.05, 4.69) is 11.8 Å². The minimum atomic E-state index is 0. The normalized spacial score (nSPS) is 2.80. The van der Waals surface area contributed by atoms with Crippen LogP contribution in [0.15, 0.2) is 0 Å². The second kappa shape index (κ2) is 9.59. The van der Waals surface area contributed by atoms with Crippen LogP contribution in [-0.4, -0.2) is 0 Å². The first-order valence-corrected chi connectivity index (χ1v) is 1.25. The van der Waals surface area contributed by atoms with E-state index >= 15 is 0 Å². The first-order chi connectivity index (χ1) is 1.91. The lowest BCUT2D eigenvalue weighted by Crippen LogP contribution is -1.28. The zero-order chi connectivity index (χ0) is 3.41. The smallest absolute Gasteiger partial charge is 0.00271 e. The lowest BCUT2D eigenvalue weighted by atomic mass is 10.7. The molecule has 0 rings (SSSR count). The molecular weight excluding hydrogens is 60.1 g/mol. The summed E-state index contributed by atoms with van der Waals surface area (Å²) in [6.07, 6.45) is 0. The lowest BCUT2D eigenvalue weighted by molar-refractivity contribution is 1.83. The predicted octanol–water partition coefficient (Wildman–Crippen LogP) is 1.67. The summed E-state index contributed by atoms with van der Waals surface area (Å²) in [5, 5.41) is 0. The average molecular weight is 70.1 g/mol. The van der Waals surface area contributed by atoms with Gasteiger partial charge in [0.1, 0.15) is 0 Å². The summed E-state index contributed by atoms with van der Waals surface area (Å²) < 4.78 is 0. The average Bonchev–Trinajstić information content (AvgIpc) is 1.37. The van der Waals surface area contributed by atoms with Gasteiger partial charge >= 0.3 is 0 Å². The number of rotatable bonds is 0. The van der Waals surface area contributed by atoms with Gasteiger partial charge in [-0.25, -0.2) is 0 Å².